The monoisotopic (exact) mass is 1440 g/mol. The number of fused-ring (bicyclic) bond motifs is 4. The molecule has 41 nitrogen and oxygen atoms in total. The molecule has 12 heterocycles. The minimum absolute atomic E-state index is 0.00140. The van der Waals surface area contributed by atoms with Crippen LogP contribution in [0.15, 0.2) is 50.6 Å². The van der Waals surface area contributed by atoms with Crippen molar-refractivity contribution in [3.8, 4) is 0 Å². The molecule has 4 saturated heterocycles. The van der Waals surface area contributed by atoms with E-state index in [1.165, 1.54) is 90.2 Å². The topological polar surface area (TPSA) is 549 Å². The molecule has 4 aliphatic heterocycles. The Morgan fingerprint density at radius 1 is 0.391 bits per heavy atom. The van der Waals surface area contributed by atoms with E-state index in [4.69, 9.17) is 123 Å². The van der Waals surface area contributed by atoms with Crippen molar-refractivity contribution in [3.05, 3.63) is 50.6 Å². The molecule has 4 fully saturated rings. The number of ether oxygens (including phenoxy) is 7. The lowest BCUT2D eigenvalue weighted by atomic mass is 10.1. The van der Waals surface area contributed by atoms with Crippen molar-refractivity contribution in [1.82, 2.24) is 78.1 Å². The fourth-order valence-corrected chi connectivity index (χ4v) is 15.7. The van der Waals surface area contributed by atoms with Gasteiger partial charge >= 0.3 is 26.9 Å². The van der Waals surface area contributed by atoms with Crippen molar-refractivity contribution >= 4 is 142 Å². The molecule has 0 radical (unpaired) electrons. The molecule has 19 atom stereocenters. The number of imidazole rings is 4. The van der Waals surface area contributed by atoms with Crippen LogP contribution < -0.4 is 22.9 Å². The molecule has 498 valence electrons. The molecule has 4 aliphatic rings. The van der Waals surface area contributed by atoms with E-state index < -0.39 is 151 Å². The maximum absolute atomic E-state index is 12.2. The average Bonchev–Trinajstić information content (AvgIpc) is 1.63. The summed E-state index contributed by atoms with van der Waals surface area (Å²) in [4.78, 5) is 106. The van der Waals surface area contributed by atoms with Gasteiger partial charge < -0.3 is 109 Å². The zero-order valence-corrected chi connectivity index (χ0v) is 54.3. The van der Waals surface area contributed by atoms with Gasteiger partial charge in [0.2, 0.25) is 0 Å². The molecule has 12 rings (SSSR count). The second kappa shape index (κ2) is 26.6. The Morgan fingerprint density at radius 2 is 0.663 bits per heavy atom. The Labute approximate surface area is 536 Å². The van der Waals surface area contributed by atoms with Crippen LogP contribution in [0.3, 0.4) is 0 Å². The maximum Gasteiger partial charge on any atom is 0.325 e. The van der Waals surface area contributed by atoms with Crippen LogP contribution in [0.2, 0.25) is 0 Å². The molecule has 0 bridgehead atoms. The average molecular weight is 1440 g/mol. The van der Waals surface area contributed by atoms with Crippen LogP contribution in [-0.4, -0.2) is 234 Å². The summed E-state index contributed by atoms with van der Waals surface area (Å²) in [6, 6.07) is 0. The third-order valence-corrected chi connectivity index (χ3v) is 20.5. The number of nitrogens with zero attached hydrogens (tertiary/aromatic N) is 16. The van der Waals surface area contributed by atoms with Crippen LogP contribution in [0.4, 0.5) is 23.3 Å². The van der Waals surface area contributed by atoms with Crippen molar-refractivity contribution < 1.29 is 99.5 Å². The lowest BCUT2D eigenvalue weighted by Gasteiger charge is -2.29. The van der Waals surface area contributed by atoms with E-state index in [2.05, 4.69) is 71.6 Å². The molecular weight excluding hydrogens is 1380 g/mol. The van der Waals surface area contributed by atoms with Gasteiger partial charge in [0.1, 0.15) is 121 Å². The first kappa shape index (κ1) is 67.2. The summed E-state index contributed by atoms with van der Waals surface area (Å²) in [5.41, 5.74) is 25.7. The third kappa shape index (κ3) is 13.4. The lowest BCUT2D eigenvalue weighted by molar-refractivity contribution is -0.0608. The number of aliphatic hydroxyl groups excluding tert-OH is 2. The summed E-state index contributed by atoms with van der Waals surface area (Å²) < 4.78 is 90.2. The highest BCUT2D eigenvalue weighted by Crippen LogP contribution is 2.56. The second-order valence-electron chi connectivity index (χ2n) is 20.5. The zero-order valence-electron chi connectivity index (χ0n) is 47.4. The number of rotatable bonds is 25. The van der Waals surface area contributed by atoms with E-state index in [1.54, 1.807) is 0 Å². The van der Waals surface area contributed by atoms with Crippen molar-refractivity contribution in [3.63, 3.8) is 0 Å². The van der Waals surface area contributed by atoms with Crippen molar-refractivity contribution in [2.45, 2.75) is 98.2 Å². The Balaban J connectivity index is 0.772. The fraction of sp³-hybridized carbons (Fsp3) is 0.535. The Hall–Kier alpha value is -4.84. The van der Waals surface area contributed by atoms with Crippen molar-refractivity contribution in [2.75, 3.05) is 70.7 Å². The number of aliphatic hydroxyl groups is 2. The number of methoxy groups -OCH3 is 3. The van der Waals surface area contributed by atoms with E-state index in [0.717, 1.165) is 0 Å². The molecule has 0 amide bonds. The Morgan fingerprint density at radius 3 is 0.957 bits per heavy atom. The zero-order chi connectivity index (χ0) is 65.3. The SMILES string of the molecule is CO[C@H]1[C@@H](OP(O)(=S)OC[C@H]2O[C@@H](n3cnc4c(N)ncnc43)[C@H](OP(O)(=S)OC[C@H]3O[C@@H](n4cnc5c(N)ncnc54)[C@H](OP(O)(=S)OC[C@H]4O[C@@H](n5cnc6c(N)ncnc65)[C@H](O)[C@@H]4O)[C@@H]3OC)[C@@H]2OC)[C@H](n2cnc3c(N)ncnc32)O[C@@H]1COP(O)(O)=S. The molecule has 8 aromatic heterocycles. The minimum Gasteiger partial charge on any atom is -0.387 e. The highest BCUT2D eigenvalue weighted by atomic mass is 32.5. The van der Waals surface area contributed by atoms with Gasteiger partial charge in [-0.25, -0.2) is 59.8 Å². The van der Waals surface area contributed by atoms with E-state index in [0.29, 0.717) is 0 Å². The van der Waals surface area contributed by atoms with Gasteiger partial charge in [-0.05, 0) is 47.2 Å². The molecule has 15 N–H and O–H groups in total. The standard InChI is InChI=1S/C43H56N20O21P4S4/c1-71-26-17(5-74-85(66,67)89)79-41(61-13-57-21-33(45)49-9-53-37(21)61)29(26)83-87(69,91)76-7-19-28(73-3)31(43(81-19)63-15-59-23-35(47)51-11-55-39(23)63)84-88(70,92)77-6-18-27(72-2)30(42(80-18)62-14-58-22-34(46)50-10-54-38(22)62)82-86(68,90)75-4-16-24(64)25(65)40(78-16)60-12-56-20-32(44)48-8-52-36(20)60/h8-19,24-31,40-43,64-65H,4-7H2,1-3H3,(H,68,90)(H,69,91)(H,70,92)(H2,44,48,52)(H2,45,49,53)(H2,46,50,54)(H2,47,51,55)(H2,66,67,89)/t16-,17-,18-,19-,24-,25-,26-,27-,28-,29-,30-,31-,40-,41-,42-,43-,86?,87?,88?/m1/s1. The van der Waals surface area contributed by atoms with E-state index >= 15 is 0 Å². The first-order valence-electron chi connectivity index (χ1n) is 26.7. The van der Waals surface area contributed by atoms with Crippen LogP contribution in [0.1, 0.15) is 24.9 Å². The Bertz CT molecular complexity index is 4220. The molecule has 0 aromatic carbocycles. The second-order valence-corrected chi connectivity index (χ2v) is 31.5. The van der Waals surface area contributed by atoms with Gasteiger partial charge in [0.05, 0.1) is 51.7 Å². The fourth-order valence-electron chi connectivity index (χ4n) is 10.9. The predicted molar refractivity (Wildman–Crippen MR) is 326 cm³/mol. The van der Waals surface area contributed by atoms with Gasteiger partial charge in [0.25, 0.3) is 0 Å². The minimum atomic E-state index is -4.58. The predicted octanol–water partition coefficient (Wildman–Crippen LogP) is -1.89. The molecule has 3 unspecified atom stereocenters. The van der Waals surface area contributed by atoms with Crippen LogP contribution in [0, 0.1) is 0 Å². The van der Waals surface area contributed by atoms with E-state index in [9.17, 15) is 34.7 Å². The molecule has 0 saturated carbocycles. The number of nitrogen functional groups attached to an aromatic ring is 4. The quantitative estimate of drug-likeness (QED) is 0.0279. The van der Waals surface area contributed by atoms with Gasteiger partial charge in [0, 0.05) is 21.3 Å². The smallest absolute Gasteiger partial charge is 0.325 e. The van der Waals surface area contributed by atoms with Gasteiger partial charge in [-0.2, -0.15) is 0 Å². The highest BCUT2D eigenvalue weighted by Gasteiger charge is 2.55. The summed E-state index contributed by atoms with van der Waals surface area (Å²) in [6.07, 6.45) is -11.3. The first-order valence-corrected chi connectivity index (χ1v) is 37.1. The molecule has 49 heteroatoms. The molecule has 92 heavy (non-hydrogen) atoms. The van der Waals surface area contributed by atoms with Crippen LogP contribution in [0.25, 0.3) is 44.7 Å². The van der Waals surface area contributed by atoms with Crippen LogP contribution in [-0.2, 0) is 112 Å². The highest BCUT2D eigenvalue weighted by molar-refractivity contribution is 8.08. The summed E-state index contributed by atoms with van der Waals surface area (Å²) in [6.45, 7) is -20.1. The molecule has 0 aliphatic carbocycles. The number of anilines is 4. The summed E-state index contributed by atoms with van der Waals surface area (Å²) in [5.74, 6) is 0.111. The van der Waals surface area contributed by atoms with E-state index in [1.807, 2.05) is 0 Å². The largest absolute Gasteiger partial charge is 0.387 e. The summed E-state index contributed by atoms with van der Waals surface area (Å²) in [7, 11) is 3.87. The molecular formula is C43H56N20O21P4S4. The normalized spacial score (nSPS) is 30.7. The number of hydrogen-bond acceptors (Lipinski definition) is 36. The first-order chi connectivity index (χ1) is 43.8. The van der Waals surface area contributed by atoms with E-state index in [-0.39, 0.29) is 67.9 Å². The number of hydrogen-bond donors (Lipinski definition) is 11. The molecule has 0 spiro atoms. The van der Waals surface area contributed by atoms with Gasteiger partial charge in [-0.3, -0.25) is 31.8 Å². The summed E-state index contributed by atoms with van der Waals surface area (Å²) >= 11 is 21.5. The van der Waals surface area contributed by atoms with Crippen molar-refractivity contribution in [2.24, 2.45) is 0 Å². The lowest BCUT2D eigenvalue weighted by Crippen LogP contribution is -2.39. The van der Waals surface area contributed by atoms with Crippen molar-refractivity contribution in [1.29, 1.82) is 0 Å². The maximum atomic E-state index is 12.2. The van der Waals surface area contributed by atoms with Crippen LogP contribution in [0.5, 0.6) is 0 Å². The molecule has 8 aromatic rings. The number of aromatic nitrogens is 16. The van der Waals surface area contributed by atoms with Gasteiger partial charge in [-0.15, -0.1) is 0 Å². The number of nitrogens with two attached hydrogens (primary N) is 4. The van der Waals surface area contributed by atoms with Gasteiger partial charge in [0.15, 0.2) is 70.8 Å². The Kier molecular flexibility index (Phi) is 19.4. The third-order valence-electron chi connectivity index (χ3n) is 15.0. The van der Waals surface area contributed by atoms with Gasteiger partial charge in [-0.1, -0.05) is 0 Å². The summed E-state index contributed by atoms with van der Waals surface area (Å²) in [5, 5.41) is 22.2. The van der Waals surface area contributed by atoms with Crippen LogP contribution >= 0.6 is 26.9 Å².